The third-order valence-electron chi connectivity index (χ3n) is 4.83. The molecule has 0 radical (unpaired) electrons. The molecular formula is C24H54NiP2. The summed E-state index contributed by atoms with van der Waals surface area (Å²) in [5.74, 6) is 0. The van der Waals surface area contributed by atoms with Crippen molar-refractivity contribution in [1.82, 2.24) is 0 Å². The SMILES string of the molecule is CCCCCCPCCCCCC.CCCCCCPCCCCCC.[Ni]. The van der Waals surface area contributed by atoms with E-state index in [1.807, 2.05) is 0 Å². The first-order valence-corrected chi connectivity index (χ1v) is 15.1. The van der Waals surface area contributed by atoms with Crippen LogP contribution in [0.5, 0.6) is 0 Å². The molecule has 170 valence electrons. The molecule has 0 unspecified atom stereocenters. The van der Waals surface area contributed by atoms with Crippen LogP contribution in [0.25, 0.3) is 0 Å². The maximum absolute atomic E-state index is 2.28. The minimum absolute atomic E-state index is 0. The first-order chi connectivity index (χ1) is 12.8. The molecule has 27 heavy (non-hydrogen) atoms. The monoisotopic (exact) mass is 462 g/mol. The van der Waals surface area contributed by atoms with E-state index in [1.54, 1.807) is 0 Å². The van der Waals surface area contributed by atoms with Gasteiger partial charge < -0.3 is 0 Å². The van der Waals surface area contributed by atoms with Crippen LogP contribution in [0.15, 0.2) is 0 Å². The molecule has 0 aliphatic carbocycles. The smallest absolute Gasteiger partial charge is 0 e. The fraction of sp³-hybridized carbons (Fsp3) is 1.00. The van der Waals surface area contributed by atoms with Crippen LogP contribution >= 0.6 is 17.2 Å². The summed E-state index contributed by atoms with van der Waals surface area (Å²) in [6, 6.07) is 0. The Kier molecular flexibility index (Phi) is 42.6. The second-order valence-electron chi connectivity index (χ2n) is 7.74. The molecule has 0 bridgehead atoms. The third kappa shape index (κ3) is 38.6. The van der Waals surface area contributed by atoms with Crippen LogP contribution in [-0.4, -0.2) is 24.6 Å². The molecule has 0 amide bonds. The summed E-state index contributed by atoms with van der Waals surface area (Å²) in [6.45, 7) is 9.14. The summed E-state index contributed by atoms with van der Waals surface area (Å²) in [7, 11) is 2.51. The molecule has 0 aliphatic heterocycles. The van der Waals surface area contributed by atoms with Gasteiger partial charge in [-0.15, -0.1) is 17.2 Å². The first-order valence-electron chi connectivity index (χ1n) is 12.2. The van der Waals surface area contributed by atoms with Gasteiger partial charge in [0.2, 0.25) is 0 Å². The maximum Gasteiger partial charge on any atom is 0 e. The summed E-state index contributed by atoms with van der Waals surface area (Å²) in [5.41, 5.74) is 0. The summed E-state index contributed by atoms with van der Waals surface area (Å²) in [6.07, 6.45) is 29.1. The van der Waals surface area contributed by atoms with Gasteiger partial charge in [0, 0.05) is 16.5 Å². The second kappa shape index (κ2) is 34.8. The molecule has 0 saturated heterocycles. The van der Waals surface area contributed by atoms with Crippen molar-refractivity contribution >= 4 is 17.2 Å². The van der Waals surface area contributed by atoms with Crippen LogP contribution in [0.1, 0.15) is 130 Å². The molecule has 0 aromatic heterocycles. The van der Waals surface area contributed by atoms with E-state index < -0.39 is 0 Å². The zero-order valence-electron chi connectivity index (χ0n) is 19.5. The van der Waals surface area contributed by atoms with Crippen molar-refractivity contribution < 1.29 is 16.5 Å². The fourth-order valence-corrected chi connectivity index (χ4v) is 5.46. The van der Waals surface area contributed by atoms with Crippen molar-refractivity contribution in [3.05, 3.63) is 0 Å². The average Bonchev–Trinajstić information content (AvgIpc) is 2.66. The predicted octanol–water partition coefficient (Wildman–Crippen LogP) is 9.65. The van der Waals surface area contributed by atoms with Gasteiger partial charge in [0.15, 0.2) is 0 Å². The Labute approximate surface area is 188 Å². The van der Waals surface area contributed by atoms with Crippen molar-refractivity contribution in [2.75, 3.05) is 24.6 Å². The Morgan fingerprint density at radius 1 is 0.333 bits per heavy atom. The minimum atomic E-state index is 0. The minimum Gasteiger partial charge on any atom is -0.122 e. The summed E-state index contributed by atoms with van der Waals surface area (Å²) >= 11 is 0. The standard InChI is InChI=1S/2C12H27P.Ni/c2*1-3-5-7-9-11-13-12-10-8-6-4-2;/h2*13H,3-12H2,1-2H3;. The van der Waals surface area contributed by atoms with Gasteiger partial charge in [0.1, 0.15) is 0 Å². The molecule has 0 N–H and O–H groups in total. The Morgan fingerprint density at radius 2 is 0.556 bits per heavy atom. The molecular weight excluding hydrogens is 409 g/mol. The van der Waals surface area contributed by atoms with E-state index in [1.165, 1.54) is 145 Å². The molecule has 0 saturated carbocycles. The zero-order valence-corrected chi connectivity index (χ0v) is 22.4. The van der Waals surface area contributed by atoms with Crippen LogP contribution in [0.2, 0.25) is 0 Å². The Morgan fingerprint density at radius 3 is 0.741 bits per heavy atom. The van der Waals surface area contributed by atoms with E-state index in [4.69, 9.17) is 0 Å². The van der Waals surface area contributed by atoms with Gasteiger partial charge in [-0.1, -0.05) is 105 Å². The fourth-order valence-electron chi connectivity index (χ4n) is 2.96. The number of unbranched alkanes of at least 4 members (excludes halogenated alkanes) is 12. The average molecular weight is 463 g/mol. The van der Waals surface area contributed by atoms with Crippen molar-refractivity contribution in [2.24, 2.45) is 0 Å². The first kappa shape index (κ1) is 33.0. The van der Waals surface area contributed by atoms with Gasteiger partial charge in [-0.2, -0.15) is 0 Å². The van der Waals surface area contributed by atoms with Crippen molar-refractivity contribution in [3.63, 3.8) is 0 Å². The predicted molar refractivity (Wildman–Crippen MR) is 133 cm³/mol. The van der Waals surface area contributed by atoms with Crippen molar-refractivity contribution in [3.8, 4) is 0 Å². The second-order valence-corrected chi connectivity index (χ2v) is 10.7. The molecule has 0 nitrogen and oxygen atoms in total. The molecule has 0 heterocycles. The molecule has 0 rings (SSSR count). The quantitative estimate of drug-likeness (QED) is 0.0958. The van der Waals surface area contributed by atoms with Gasteiger partial charge in [-0.05, 0) is 50.3 Å². The van der Waals surface area contributed by atoms with Crippen LogP contribution in [0, 0.1) is 0 Å². The molecule has 0 fully saturated rings. The van der Waals surface area contributed by atoms with E-state index in [-0.39, 0.29) is 16.5 Å². The van der Waals surface area contributed by atoms with Crippen molar-refractivity contribution in [2.45, 2.75) is 130 Å². The number of hydrogen-bond donors (Lipinski definition) is 0. The van der Waals surface area contributed by atoms with Crippen LogP contribution < -0.4 is 0 Å². The van der Waals surface area contributed by atoms with E-state index in [0.717, 1.165) is 0 Å². The molecule has 0 aromatic rings. The van der Waals surface area contributed by atoms with E-state index in [9.17, 15) is 0 Å². The van der Waals surface area contributed by atoms with Gasteiger partial charge in [0.25, 0.3) is 0 Å². The Balaban J connectivity index is -0.000000411. The molecule has 0 atom stereocenters. The van der Waals surface area contributed by atoms with Gasteiger partial charge >= 0.3 is 0 Å². The molecule has 0 aromatic carbocycles. The van der Waals surface area contributed by atoms with Gasteiger partial charge in [-0.3, -0.25) is 0 Å². The van der Waals surface area contributed by atoms with Crippen LogP contribution in [0.3, 0.4) is 0 Å². The third-order valence-corrected chi connectivity index (χ3v) is 7.66. The van der Waals surface area contributed by atoms with E-state index in [2.05, 4.69) is 27.7 Å². The molecule has 0 aliphatic rings. The number of hydrogen-bond acceptors (Lipinski definition) is 0. The Hall–Kier alpha value is 1.35. The topological polar surface area (TPSA) is 0 Å². The van der Waals surface area contributed by atoms with Crippen LogP contribution in [-0.2, 0) is 16.5 Å². The van der Waals surface area contributed by atoms with E-state index in [0.29, 0.717) is 0 Å². The molecule has 0 spiro atoms. The number of rotatable bonds is 20. The van der Waals surface area contributed by atoms with Gasteiger partial charge in [-0.25, -0.2) is 0 Å². The van der Waals surface area contributed by atoms with Crippen LogP contribution in [0.4, 0.5) is 0 Å². The zero-order chi connectivity index (χ0) is 19.6. The van der Waals surface area contributed by atoms with Crippen molar-refractivity contribution in [1.29, 1.82) is 0 Å². The molecule has 3 heteroatoms. The van der Waals surface area contributed by atoms with E-state index >= 15 is 0 Å². The van der Waals surface area contributed by atoms with Gasteiger partial charge in [0.05, 0.1) is 0 Å². The largest absolute Gasteiger partial charge is 0.122 e. The normalized spacial score (nSPS) is 10.2. The summed E-state index contributed by atoms with van der Waals surface area (Å²) in [5, 5.41) is 0. The summed E-state index contributed by atoms with van der Waals surface area (Å²) < 4.78 is 0. The maximum atomic E-state index is 2.28. The summed E-state index contributed by atoms with van der Waals surface area (Å²) in [4.78, 5) is 0. The Bertz CT molecular complexity index is 171.